The molecule has 1 aliphatic rings. The van der Waals surface area contributed by atoms with Crippen molar-refractivity contribution in [2.24, 2.45) is 0 Å². The van der Waals surface area contributed by atoms with E-state index in [4.69, 9.17) is 4.74 Å². The van der Waals surface area contributed by atoms with Crippen LogP contribution in [-0.4, -0.2) is 11.2 Å². The van der Waals surface area contributed by atoms with E-state index in [1.807, 2.05) is 30.3 Å². The van der Waals surface area contributed by atoms with Crippen LogP contribution in [0.15, 0.2) is 59.5 Å². The number of thioether (sulfide) groups is 1. The zero-order valence-electron chi connectivity index (χ0n) is 11.3. The Morgan fingerprint density at radius 3 is 2.45 bits per heavy atom. The summed E-state index contributed by atoms with van der Waals surface area (Å²) in [5.41, 5.74) is 2.32. The van der Waals surface area contributed by atoms with Gasteiger partial charge in [0, 0.05) is 4.90 Å². The number of esters is 1. The zero-order valence-corrected chi connectivity index (χ0v) is 12.1. The Labute approximate surface area is 123 Å². The molecule has 1 aliphatic heterocycles. The van der Waals surface area contributed by atoms with Crippen LogP contribution in [0.3, 0.4) is 0 Å². The molecular formula is C17H16O2S. The highest BCUT2D eigenvalue weighted by molar-refractivity contribution is 8.00. The van der Waals surface area contributed by atoms with E-state index < -0.39 is 0 Å². The van der Waals surface area contributed by atoms with Crippen molar-refractivity contribution in [1.29, 1.82) is 0 Å². The molecule has 1 fully saturated rings. The molecule has 0 radical (unpaired) electrons. The van der Waals surface area contributed by atoms with Crippen LogP contribution in [-0.2, 0) is 9.53 Å². The first kappa shape index (κ1) is 13.3. The molecule has 2 unspecified atom stereocenters. The van der Waals surface area contributed by atoms with E-state index in [2.05, 4.69) is 31.2 Å². The van der Waals surface area contributed by atoms with Gasteiger partial charge in [0.1, 0.15) is 6.10 Å². The number of cyclic esters (lactones) is 1. The number of ether oxygens (including phenoxy) is 1. The van der Waals surface area contributed by atoms with Crippen LogP contribution in [0.2, 0.25) is 0 Å². The summed E-state index contributed by atoms with van der Waals surface area (Å²) in [5.74, 6) is -0.108. The minimum Gasteiger partial charge on any atom is -0.456 e. The first-order chi connectivity index (χ1) is 9.72. The predicted octanol–water partition coefficient (Wildman–Crippen LogP) is 4.14. The number of hydrogen-bond acceptors (Lipinski definition) is 3. The van der Waals surface area contributed by atoms with Crippen molar-refractivity contribution in [3.05, 3.63) is 65.7 Å². The third-order valence-electron chi connectivity index (χ3n) is 3.40. The second-order valence-corrected chi connectivity index (χ2v) is 6.31. The van der Waals surface area contributed by atoms with Crippen LogP contribution in [0.5, 0.6) is 0 Å². The van der Waals surface area contributed by atoms with Crippen LogP contribution >= 0.6 is 11.8 Å². The van der Waals surface area contributed by atoms with E-state index in [9.17, 15) is 4.79 Å². The quantitative estimate of drug-likeness (QED) is 0.792. The standard InChI is InChI=1S/C17H16O2S/c1-12-7-9-14(10-8-12)20-15-11-16(18)19-17(15)13-5-3-2-4-6-13/h2-10,15,17H,11H2,1H3. The zero-order chi connectivity index (χ0) is 13.9. The van der Waals surface area contributed by atoms with E-state index in [0.29, 0.717) is 6.42 Å². The maximum Gasteiger partial charge on any atom is 0.307 e. The van der Waals surface area contributed by atoms with Crippen molar-refractivity contribution >= 4 is 17.7 Å². The summed E-state index contributed by atoms with van der Waals surface area (Å²) in [6.45, 7) is 2.07. The van der Waals surface area contributed by atoms with E-state index in [-0.39, 0.29) is 17.3 Å². The smallest absolute Gasteiger partial charge is 0.307 e. The van der Waals surface area contributed by atoms with Crippen molar-refractivity contribution in [2.45, 2.75) is 29.6 Å². The normalized spacial score (nSPS) is 21.8. The molecule has 1 heterocycles. The topological polar surface area (TPSA) is 26.3 Å². The minimum absolute atomic E-state index is 0.108. The number of hydrogen-bond donors (Lipinski definition) is 0. The predicted molar refractivity (Wildman–Crippen MR) is 80.7 cm³/mol. The summed E-state index contributed by atoms with van der Waals surface area (Å²) in [7, 11) is 0. The van der Waals surface area contributed by atoms with Crippen LogP contribution in [0, 0.1) is 6.92 Å². The van der Waals surface area contributed by atoms with Crippen LogP contribution in [0.4, 0.5) is 0 Å². The van der Waals surface area contributed by atoms with Gasteiger partial charge in [-0.3, -0.25) is 4.79 Å². The first-order valence-electron chi connectivity index (χ1n) is 6.70. The van der Waals surface area contributed by atoms with Crippen LogP contribution in [0.25, 0.3) is 0 Å². The highest BCUT2D eigenvalue weighted by Crippen LogP contribution is 2.41. The van der Waals surface area contributed by atoms with Crippen molar-refractivity contribution in [3.8, 4) is 0 Å². The molecule has 2 aromatic carbocycles. The van der Waals surface area contributed by atoms with Crippen molar-refractivity contribution in [3.63, 3.8) is 0 Å². The van der Waals surface area contributed by atoms with Crippen LogP contribution < -0.4 is 0 Å². The molecule has 0 amide bonds. The van der Waals surface area contributed by atoms with Gasteiger partial charge in [-0.25, -0.2) is 0 Å². The Morgan fingerprint density at radius 1 is 1.05 bits per heavy atom. The largest absolute Gasteiger partial charge is 0.456 e. The molecule has 2 atom stereocenters. The summed E-state index contributed by atoms with van der Waals surface area (Å²) in [6, 6.07) is 18.4. The Morgan fingerprint density at radius 2 is 1.75 bits per heavy atom. The van der Waals surface area contributed by atoms with Crippen molar-refractivity contribution in [1.82, 2.24) is 0 Å². The van der Waals surface area contributed by atoms with Crippen LogP contribution in [0.1, 0.15) is 23.7 Å². The van der Waals surface area contributed by atoms with E-state index in [1.54, 1.807) is 11.8 Å². The van der Waals surface area contributed by atoms with Gasteiger partial charge in [0.2, 0.25) is 0 Å². The van der Waals surface area contributed by atoms with E-state index in [1.165, 1.54) is 10.5 Å². The van der Waals surface area contributed by atoms with Gasteiger partial charge < -0.3 is 4.74 Å². The summed E-state index contributed by atoms with van der Waals surface area (Å²) in [4.78, 5) is 12.8. The molecule has 20 heavy (non-hydrogen) atoms. The van der Waals surface area contributed by atoms with Crippen molar-refractivity contribution < 1.29 is 9.53 Å². The monoisotopic (exact) mass is 284 g/mol. The minimum atomic E-state index is -0.144. The molecule has 0 saturated carbocycles. The lowest BCUT2D eigenvalue weighted by Gasteiger charge is -2.17. The maximum atomic E-state index is 11.6. The third-order valence-corrected chi connectivity index (χ3v) is 4.66. The SMILES string of the molecule is Cc1ccc(SC2CC(=O)OC2c2ccccc2)cc1. The fourth-order valence-corrected chi connectivity index (χ4v) is 3.56. The van der Waals surface area contributed by atoms with Gasteiger partial charge in [0.05, 0.1) is 11.7 Å². The molecule has 0 bridgehead atoms. The van der Waals surface area contributed by atoms with Gasteiger partial charge >= 0.3 is 5.97 Å². The molecule has 0 N–H and O–H groups in total. The molecule has 102 valence electrons. The first-order valence-corrected chi connectivity index (χ1v) is 7.58. The highest BCUT2D eigenvalue weighted by atomic mass is 32.2. The van der Waals surface area contributed by atoms with Gasteiger partial charge in [-0.15, -0.1) is 11.8 Å². The summed E-state index contributed by atoms with van der Waals surface area (Å²) in [6.07, 6.45) is 0.327. The molecule has 0 aromatic heterocycles. The number of aryl methyl sites for hydroxylation is 1. The summed E-state index contributed by atoms with van der Waals surface area (Å²) >= 11 is 1.72. The fourth-order valence-electron chi connectivity index (χ4n) is 2.36. The van der Waals surface area contributed by atoms with Gasteiger partial charge in [-0.2, -0.15) is 0 Å². The molecular weight excluding hydrogens is 268 g/mol. The fraction of sp³-hybridized carbons (Fsp3) is 0.235. The maximum absolute atomic E-state index is 11.6. The van der Waals surface area contributed by atoms with Gasteiger partial charge in [0.25, 0.3) is 0 Å². The third kappa shape index (κ3) is 2.88. The second-order valence-electron chi connectivity index (χ2n) is 4.99. The van der Waals surface area contributed by atoms with Gasteiger partial charge in [-0.05, 0) is 24.6 Å². The van der Waals surface area contributed by atoms with E-state index in [0.717, 1.165) is 5.56 Å². The Hall–Kier alpha value is -1.74. The number of benzene rings is 2. The lowest BCUT2D eigenvalue weighted by molar-refractivity contribution is -0.141. The van der Waals surface area contributed by atoms with E-state index >= 15 is 0 Å². The molecule has 3 heteroatoms. The Balaban J connectivity index is 1.80. The number of rotatable bonds is 3. The molecule has 2 aromatic rings. The van der Waals surface area contributed by atoms with Crippen molar-refractivity contribution in [2.75, 3.05) is 0 Å². The Bertz CT molecular complexity index is 592. The Kier molecular flexibility index (Phi) is 3.79. The number of carbonyl (C=O) groups excluding carboxylic acids is 1. The lowest BCUT2D eigenvalue weighted by atomic mass is 10.1. The van der Waals surface area contributed by atoms with Gasteiger partial charge in [-0.1, -0.05) is 48.0 Å². The summed E-state index contributed by atoms with van der Waals surface area (Å²) < 4.78 is 5.50. The molecule has 3 rings (SSSR count). The second kappa shape index (κ2) is 5.71. The lowest BCUT2D eigenvalue weighted by Crippen LogP contribution is -2.09. The molecule has 0 aliphatic carbocycles. The molecule has 1 saturated heterocycles. The average Bonchev–Trinajstić information content (AvgIpc) is 2.83. The number of carbonyl (C=O) groups is 1. The average molecular weight is 284 g/mol. The summed E-state index contributed by atoms with van der Waals surface area (Å²) in [5, 5.41) is 0.146. The molecule has 2 nitrogen and oxygen atoms in total. The highest BCUT2D eigenvalue weighted by Gasteiger charge is 2.36. The van der Waals surface area contributed by atoms with Gasteiger partial charge in [0.15, 0.2) is 0 Å². The molecule has 0 spiro atoms.